The molecule has 6 heteroatoms. The van der Waals surface area contributed by atoms with Gasteiger partial charge in [-0.1, -0.05) is 225 Å². The number of hydrogen-bond acceptors (Lipinski definition) is 5. The highest BCUT2D eigenvalue weighted by Gasteiger charge is 2.23. The predicted molar refractivity (Wildman–Crippen MR) is 255 cm³/mol. The van der Waals surface area contributed by atoms with Crippen molar-refractivity contribution in [3.8, 4) is 0 Å². The summed E-state index contributed by atoms with van der Waals surface area (Å²) in [4.78, 5) is 26.0. The van der Waals surface area contributed by atoms with E-state index in [2.05, 4.69) is 50.4 Å². The Labute approximate surface area is 366 Å². The molecule has 0 bridgehead atoms. The summed E-state index contributed by atoms with van der Waals surface area (Å²) in [6.45, 7) is 6.44. The number of aliphatic hydroxyl groups excluding tert-OH is 2. The van der Waals surface area contributed by atoms with E-state index in [0.717, 1.165) is 51.4 Å². The molecule has 1 amide bonds. The second kappa shape index (κ2) is 47.1. The summed E-state index contributed by atoms with van der Waals surface area (Å²) in [5, 5.41) is 23.7. The van der Waals surface area contributed by atoms with Gasteiger partial charge in [-0.15, -0.1) is 0 Å². The van der Waals surface area contributed by atoms with Gasteiger partial charge in [0.25, 0.3) is 0 Å². The Hall–Kier alpha value is -1.92. The summed E-state index contributed by atoms with van der Waals surface area (Å²) < 4.78 is 5.82. The summed E-state index contributed by atoms with van der Waals surface area (Å²) in [5.74, 6) is -0.600. The molecule has 0 saturated heterocycles. The maximum Gasteiger partial charge on any atom is 0.306 e. The number of amides is 1. The van der Waals surface area contributed by atoms with Gasteiger partial charge in [0.1, 0.15) is 6.10 Å². The van der Waals surface area contributed by atoms with Gasteiger partial charge in [0.05, 0.1) is 25.2 Å². The Balaban J connectivity index is 4.58. The Bertz CT molecular complexity index is 977. The molecule has 3 unspecified atom stereocenters. The molecule has 0 aromatic carbocycles. The number of unbranched alkanes of at least 4 members (excludes halogenated alkanes) is 30. The number of allylic oxidation sites excluding steroid dienone is 5. The molecule has 3 N–H and O–H groups in total. The van der Waals surface area contributed by atoms with E-state index < -0.39 is 18.2 Å². The van der Waals surface area contributed by atoms with Crippen molar-refractivity contribution in [1.82, 2.24) is 5.32 Å². The SMILES string of the molecule is CCCCCCCC/C=C\C/C=C/C(CC(=O)NC(CO)C(O)CCCCCCCCCCCCCC)OC(=O)CCCCCCCCC/C=C/CCCCCCCC. The van der Waals surface area contributed by atoms with Gasteiger partial charge < -0.3 is 20.3 Å². The van der Waals surface area contributed by atoms with Gasteiger partial charge in [0, 0.05) is 6.42 Å². The molecule has 3 atom stereocenters. The van der Waals surface area contributed by atoms with Crippen LogP contribution in [0.3, 0.4) is 0 Å². The fraction of sp³-hybridized carbons (Fsp3) is 0.849. The minimum absolute atomic E-state index is 0.0280. The van der Waals surface area contributed by atoms with Gasteiger partial charge in [-0.2, -0.15) is 0 Å². The first-order valence-electron chi connectivity index (χ1n) is 25.7. The molecule has 0 aliphatic heterocycles. The van der Waals surface area contributed by atoms with E-state index in [1.165, 1.54) is 173 Å². The van der Waals surface area contributed by atoms with Crippen LogP contribution in [0.2, 0.25) is 0 Å². The topological polar surface area (TPSA) is 95.9 Å². The average molecular weight is 830 g/mol. The lowest BCUT2D eigenvalue weighted by molar-refractivity contribution is -0.148. The van der Waals surface area contributed by atoms with Crippen molar-refractivity contribution in [2.75, 3.05) is 6.61 Å². The maximum atomic E-state index is 13.1. The maximum absolute atomic E-state index is 13.1. The van der Waals surface area contributed by atoms with Crippen molar-refractivity contribution in [3.05, 3.63) is 36.5 Å². The summed E-state index contributed by atoms with van der Waals surface area (Å²) in [6, 6.07) is -0.730. The van der Waals surface area contributed by atoms with Crippen molar-refractivity contribution in [2.45, 2.75) is 283 Å². The number of aliphatic hydroxyl groups is 2. The Morgan fingerprint density at radius 3 is 1.34 bits per heavy atom. The number of carbonyl (C=O) groups is 2. The molecule has 0 saturated carbocycles. The molecule has 0 aromatic rings. The largest absolute Gasteiger partial charge is 0.458 e. The summed E-state index contributed by atoms with van der Waals surface area (Å²) in [7, 11) is 0. The Morgan fingerprint density at radius 1 is 0.508 bits per heavy atom. The molecule has 0 fully saturated rings. The second-order valence-electron chi connectivity index (χ2n) is 17.6. The fourth-order valence-corrected chi connectivity index (χ4v) is 7.74. The molecule has 6 nitrogen and oxygen atoms in total. The zero-order chi connectivity index (χ0) is 43.1. The zero-order valence-corrected chi connectivity index (χ0v) is 39.4. The second-order valence-corrected chi connectivity index (χ2v) is 17.6. The van der Waals surface area contributed by atoms with Crippen LogP contribution < -0.4 is 5.32 Å². The van der Waals surface area contributed by atoms with Crippen LogP contribution in [-0.4, -0.2) is 46.9 Å². The molecular formula is C53H99NO5. The molecule has 0 aliphatic rings. The minimum Gasteiger partial charge on any atom is -0.458 e. The molecule has 0 radical (unpaired) electrons. The molecule has 346 valence electrons. The van der Waals surface area contributed by atoms with E-state index in [1.807, 2.05) is 12.2 Å². The van der Waals surface area contributed by atoms with Crippen LogP contribution in [-0.2, 0) is 14.3 Å². The molecular weight excluding hydrogens is 731 g/mol. The number of carbonyl (C=O) groups excluding carboxylic acids is 2. The van der Waals surface area contributed by atoms with E-state index in [0.29, 0.717) is 12.8 Å². The number of nitrogens with one attached hydrogen (secondary N) is 1. The first-order chi connectivity index (χ1) is 29.0. The van der Waals surface area contributed by atoms with Crippen LogP contribution in [0.5, 0.6) is 0 Å². The van der Waals surface area contributed by atoms with Crippen molar-refractivity contribution >= 4 is 11.9 Å². The van der Waals surface area contributed by atoms with Gasteiger partial charge in [-0.3, -0.25) is 9.59 Å². The van der Waals surface area contributed by atoms with Gasteiger partial charge in [-0.05, 0) is 63.9 Å². The highest BCUT2D eigenvalue weighted by molar-refractivity contribution is 5.78. The third-order valence-electron chi connectivity index (χ3n) is 11.7. The van der Waals surface area contributed by atoms with E-state index in [-0.39, 0.29) is 24.9 Å². The van der Waals surface area contributed by atoms with Crippen LogP contribution in [0.4, 0.5) is 0 Å². The van der Waals surface area contributed by atoms with E-state index in [4.69, 9.17) is 4.74 Å². The average Bonchev–Trinajstić information content (AvgIpc) is 3.23. The molecule has 0 aliphatic carbocycles. The number of hydrogen-bond donors (Lipinski definition) is 3. The normalized spacial score (nSPS) is 13.5. The van der Waals surface area contributed by atoms with E-state index in [1.54, 1.807) is 0 Å². The number of ether oxygens (including phenoxy) is 1. The van der Waals surface area contributed by atoms with Gasteiger partial charge in [0.15, 0.2) is 0 Å². The summed E-state index contributed by atoms with van der Waals surface area (Å²) in [5.41, 5.74) is 0. The van der Waals surface area contributed by atoms with Crippen LogP contribution in [0.15, 0.2) is 36.5 Å². The smallest absolute Gasteiger partial charge is 0.306 e. The van der Waals surface area contributed by atoms with Crippen molar-refractivity contribution in [2.24, 2.45) is 0 Å². The van der Waals surface area contributed by atoms with Crippen LogP contribution >= 0.6 is 0 Å². The van der Waals surface area contributed by atoms with E-state index in [9.17, 15) is 19.8 Å². The number of rotatable bonds is 46. The lowest BCUT2D eigenvalue weighted by atomic mass is 10.0. The molecule has 59 heavy (non-hydrogen) atoms. The van der Waals surface area contributed by atoms with Crippen molar-refractivity contribution in [3.63, 3.8) is 0 Å². The number of esters is 1. The summed E-state index contributed by atoms with van der Waals surface area (Å²) >= 11 is 0. The highest BCUT2D eigenvalue weighted by Crippen LogP contribution is 2.16. The standard InChI is InChI=1S/C53H99NO5/c1-4-7-10-13-16-19-22-24-25-26-27-28-31-34-37-40-43-46-53(58)59-49(44-41-38-35-32-29-21-18-15-12-9-6-3)47-52(57)54-50(48-55)51(56)45-42-39-36-33-30-23-20-17-14-11-8-5-2/h24-25,32,35,41,44,49-51,55-56H,4-23,26-31,33-34,36-40,42-43,45-48H2,1-3H3,(H,54,57)/b25-24+,35-32-,44-41+. The monoisotopic (exact) mass is 830 g/mol. The summed E-state index contributed by atoms with van der Waals surface area (Å²) in [6.07, 6.45) is 55.2. The predicted octanol–water partition coefficient (Wildman–Crippen LogP) is 15.3. The third kappa shape index (κ3) is 42.6. The van der Waals surface area contributed by atoms with Gasteiger partial charge in [0.2, 0.25) is 5.91 Å². The van der Waals surface area contributed by atoms with Crippen LogP contribution in [0, 0.1) is 0 Å². The molecule has 0 aromatic heterocycles. The van der Waals surface area contributed by atoms with Crippen LogP contribution in [0.25, 0.3) is 0 Å². The van der Waals surface area contributed by atoms with Crippen molar-refractivity contribution in [1.29, 1.82) is 0 Å². The first kappa shape index (κ1) is 57.1. The van der Waals surface area contributed by atoms with Crippen LogP contribution in [0.1, 0.15) is 265 Å². The van der Waals surface area contributed by atoms with E-state index >= 15 is 0 Å². The third-order valence-corrected chi connectivity index (χ3v) is 11.7. The molecule has 0 heterocycles. The van der Waals surface area contributed by atoms with Gasteiger partial charge in [-0.25, -0.2) is 0 Å². The highest BCUT2D eigenvalue weighted by atomic mass is 16.5. The minimum atomic E-state index is -0.808. The zero-order valence-electron chi connectivity index (χ0n) is 39.4. The first-order valence-corrected chi connectivity index (χ1v) is 25.7. The lowest BCUT2D eigenvalue weighted by Crippen LogP contribution is -2.46. The Kier molecular flexibility index (Phi) is 45.6. The molecule has 0 spiro atoms. The fourth-order valence-electron chi connectivity index (χ4n) is 7.74. The van der Waals surface area contributed by atoms with Gasteiger partial charge >= 0.3 is 5.97 Å². The lowest BCUT2D eigenvalue weighted by Gasteiger charge is -2.23. The van der Waals surface area contributed by atoms with Crippen molar-refractivity contribution < 1.29 is 24.5 Å². The quantitative estimate of drug-likeness (QED) is 0.0323. The molecule has 0 rings (SSSR count). The Morgan fingerprint density at radius 2 is 0.898 bits per heavy atom.